The standard InChI is InChI=1S/C36H45ClN2O6/c1-5-7-17-38(3)33(41)20-36(43,34(42)44-4)26-11-15-32-30(19-26)39(21-25-10-13-28(25)31(40)6-2)22-35(23-45-32)16-8-9-24-18-27(37)12-14-29(24)35/h5-6,11-12,14-15,18-19,25,28,31,40,43H,1-2,7-10,13,16-17,20-23H2,3-4H3/t25-,28+,31?,35-,36+/m0/s1. The van der Waals surface area contributed by atoms with Crippen molar-refractivity contribution in [3.8, 4) is 5.75 Å². The second-order valence-corrected chi connectivity index (χ2v) is 13.4. The van der Waals surface area contributed by atoms with Crippen LogP contribution in [0.4, 0.5) is 5.69 Å². The van der Waals surface area contributed by atoms with E-state index in [0.717, 1.165) is 37.8 Å². The van der Waals surface area contributed by atoms with Crippen molar-refractivity contribution in [1.82, 2.24) is 4.90 Å². The Morgan fingerprint density at radius 3 is 2.76 bits per heavy atom. The molecule has 1 saturated carbocycles. The summed E-state index contributed by atoms with van der Waals surface area (Å²) >= 11 is 6.40. The molecule has 45 heavy (non-hydrogen) atoms. The van der Waals surface area contributed by atoms with Gasteiger partial charge in [-0.2, -0.15) is 0 Å². The molecule has 5 rings (SSSR count). The molecule has 1 amide bonds. The average Bonchev–Trinajstić information content (AvgIpc) is 3.17. The van der Waals surface area contributed by atoms with Crippen LogP contribution >= 0.6 is 11.6 Å². The molecule has 1 unspecified atom stereocenters. The number of esters is 1. The van der Waals surface area contributed by atoms with Crippen LogP contribution in [0.2, 0.25) is 5.02 Å². The first-order valence-corrected chi connectivity index (χ1v) is 16.2. The van der Waals surface area contributed by atoms with Crippen LogP contribution in [0, 0.1) is 11.8 Å². The van der Waals surface area contributed by atoms with Crippen LogP contribution in [0.3, 0.4) is 0 Å². The first-order valence-electron chi connectivity index (χ1n) is 15.8. The molecule has 2 aliphatic carbocycles. The van der Waals surface area contributed by atoms with E-state index in [9.17, 15) is 19.8 Å². The van der Waals surface area contributed by atoms with Crippen molar-refractivity contribution in [3.63, 3.8) is 0 Å². The van der Waals surface area contributed by atoms with E-state index in [1.807, 2.05) is 6.07 Å². The number of aryl methyl sites for hydroxylation is 1. The summed E-state index contributed by atoms with van der Waals surface area (Å²) in [6.07, 6.45) is 7.62. The lowest BCUT2D eigenvalue weighted by Crippen LogP contribution is -2.49. The molecule has 242 valence electrons. The summed E-state index contributed by atoms with van der Waals surface area (Å²) in [7, 11) is 2.84. The lowest BCUT2D eigenvalue weighted by atomic mass is 9.68. The molecule has 9 heteroatoms. The van der Waals surface area contributed by atoms with E-state index in [0.29, 0.717) is 43.4 Å². The Balaban J connectivity index is 1.55. The van der Waals surface area contributed by atoms with Gasteiger partial charge < -0.3 is 29.5 Å². The molecule has 0 saturated heterocycles. The molecular formula is C36H45ClN2O6. The van der Waals surface area contributed by atoms with Gasteiger partial charge in [-0.1, -0.05) is 35.9 Å². The normalized spacial score (nSPS) is 24.1. The number of ether oxygens (including phenoxy) is 2. The van der Waals surface area contributed by atoms with Crippen molar-refractivity contribution in [1.29, 1.82) is 0 Å². The van der Waals surface area contributed by atoms with Gasteiger partial charge in [-0.25, -0.2) is 4.79 Å². The van der Waals surface area contributed by atoms with Crippen molar-refractivity contribution >= 4 is 29.2 Å². The minimum Gasteiger partial charge on any atom is -0.490 e. The first-order chi connectivity index (χ1) is 21.5. The molecule has 3 aliphatic rings. The van der Waals surface area contributed by atoms with Gasteiger partial charge in [0.05, 0.1) is 31.9 Å². The maximum Gasteiger partial charge on any atom is 0.343 e. The second-order valence-electron chi connectivity index (χ2n) is 12.9. The molecule has 1 fully saturated rings. The van der Waals surface area contributed by atoms with Gasteiger partial charge in [0.15, 0.2) is 5.60 Å². The number of aliphatic hydroxyl groups excluding tert-OH is 1. The van der Waals surface area contributed by atoms with Crippen LogP contribution in [0.5, 0.6) is 5.75 Å². The number of nitrogens with zero attached hydrogens (tertiary/aromatic N) is 2. The average molecular weight is 637 g/mol. The second kappa shape index (κ2) is 13.6. The fourth-order valence-corrected chi connectivity index (χ4v) is 7.52. The highest BCUT2D eigenvalue weighted by molar-refractivity contribution is 6.30. The minimum absolute atomic E-state index is 0.0995. The van der Waals surface area contributed by atoms with E-state index in [1.54, 1.807) is 37.4 Å². The van der Waals surface area contributed by atoms with Gasteiger partial charge in [0.25, 0.3) is 0 Å². The Morgan fingerprint density at radius 1 is 1.27 bits per heavy atom. The lowest BCUT2D eigenvalue weighted by molar-refractivity contribution is -0.168. The van der Waals surface area contributed by atoms with E-state index in [4.69, 9.17) is 21.1 Å². The van der Waals surface area contributed by atoms with Crippen LogP contribution in [-0.2, 0) is 31.8 Å². The fraction of sp³-hybridized carbons (Fsp3) is 0.500. The van der Waals surface area contributed by atoms with Crippen LogP contribution < -0.4 is 9.64 Å². The molecule has 5 atom stereocenters. The van der Waals surface area contributed by atoms with Crippen LogP contribution in [0.25, 0.3) is 0 Å². The number of aliphatic hydroxyl groups is 2. The Labute approximate surface area is 271 Å². The Hall–Kier alpha value is -3.33. The number of methoxy groups -OCH3 is 1. The van der Waals surface area contributed by atoms with Gasteiger partial charge in [0.2, 0.25) is 5.91 Å². The number of hydrogen-bond donors (Lipinski definition) is 2. The molecule has 1 spiro atoms. The summed E-state index contributed by atoms with van der Waals surface area (Å²) in [6.45, 7) is 9.69. The molecule has 0 radical (unpaired) electrons. The number of amides is 1. The van der Waals surface area contributed by atoms with E-state index in [1.165, 1.54) is 23.1 Å². The molecule has 1 heterocycles. The molecule has 1 aliphatic heterocycles. The number of anilines is 1. The summed E-state index contributed by atoms with van der Waals surface area (Å²) in [4.78, 5) is 30.1. The Morgan fingerprint density at radius 2 is 2.07 bits per heavy atom. The minimum atomic E-state index is -2.20. The Bertz CT molecular complexity index is 1450. The van der Waals surface area contributed by atoms with Gasteiger partial charge in [-0.05, 0) is 91.3 Å². The third-order valence-electron chi connectivity index (χ3n) is 10.2. The molecule has 2 N–H and O–H groups in total. The SMILES string of the molecule is C=CCCN(C)C(=O)C[C@](O)(C(=O)OC)c1ccc2c(c1)N(C[C@@H]1CC[C@H]1C(O)C=C)C[C@@]1(CCCc3cc(Cl)ccc31)CO2. The van der Waals surface area contributed by atoms with Crippen LogP contribution in [0.1, 0.15) is 55.2 Å². The quantitative estimate of drug-likeness (QED) is 0.259. The van der Waals surface area contributed by atoms with E-state index in [2.05, 4.69) is 30.2 Å². The zero-order chi connectivity index (χ0) is 32.4. The molecule has 0 bridgehead atoms. The smallest absolute Gasteiger partial charge is 0.343 e. The number of halogens is 1. The van der Waals surface area contributed by atoms with E-state index < -0.39 is 24.1 Å². The number of benzene rings is 2. The van der Waals surface area contributed by atoms with Crippen molar-refractivity contribution in [2.45, 2.75) is 62.1 Å². The van der Waals surface area contributed by atoms with Gasteiger partial charge >= 0.3 is 5.97 Å². The molecule has 8 nitrogen and oxygen atoms in total. The summed E-state index contributed by atoms with van der Waals surface area (Å²) in [5.74, 6) is -0.338. The maximum absolute atomic E-state index is 13.2. The topological polar surface area (TPSA) is 99.5 Å². The van der Waals surface area contributed by atoms with Gasteiger partial charge in [0.1, 0.15) is 5.75 Å². The largest absolute Gasteiger partial charge is 0.490 e. The monoisotopic (exact) mass is 636 g/mol. The summed E-state index contributed by atoms with van der Waals surface area (Å²) < 4.78 is 11.6. The van der Waals surface area contributed by atoms with Crippen LogP contribution in [0.15, 0.2) is 61.7 Å². The fourth-order valence-electron chi connectivity index (χ4n) is 7.32. The molecule has 0 aromatic heterocycles. The maximum atomic E-state index is 13.2. The summed E-state index contributed by atoms with van der Waals surface area (Å²) in [5.41, 5.74) is 0.939. The number of fused-ring (bicyclic) bond motifs is 3. The van der Waals surface area contributed by atoms with Crippen molar-refractivity contribution in [3.05, 3.63) is 83.4 Å². The van der Waals surface area contributed by atoms with Crippen molar-refractivity contribution in [2.75, 3.05) is 45.3 Å². The molecule has 2 aromatic carbocycles. The first kappa shape index (κ1) is 33.0. The third kappa shape index (κ3) is 6.51. The highest BCUT2D eigenvalue weighted by Crippen LogP contribution is 2.47. The molecular weight excluding hydrogens is 592 g/mol. The highest BCUT2D eigenvalue weighted by atomic mass is 35.5. The number of carbonyl (C=O) groups excluding carboxylic acids is 2. The highest BCUT2D eigenvalue weighted by Gasteiger charge is 2.46. The van der Waals surface area contributed by atoms with Gasteiger partial charge in [-0.3, -0.25) is 4.79 Å². The van der Waals surface area contributed by atoms with Gasteiger partial charge in [-0.15, -0.1) is 13.2 Å². The predicted octanol–water partition coefficient (Wildman–Crippen LogP) is 5.17. The number of rotatable bonds is 11. The van der Waals surface area contributed by atoms with Crippen molar-refractivity contribution in [2.24, 2.45) is 11.8 Å². The van der Waals surface area contributed by atoms with E-state index >= 15 is 0 Å². The number of carbonyl (C=O) groups is 2. The number of hydrogen-bond acceptors (Lipinski definition) is 7. The van der Waals surface area contributed by atoms with Gasteiger partial charge in [0, 0.05) is 37.1 Å². The summed E-state index contributed by atoms with van der Waals surface area (Å²) in [5, 5.41) is 23.2. The van der Waals surface area contributed by atoms with Crippen molar-refractivity contribution < 1.29 is 29.3 Å². The van der Waals surface area contributed by atoms with Crippen LogP contribution in [-0.4, -0.2) is 73.5 Å². The summed E-state index contributed by atoms with van der Waals surface area (Å²) in [6, 6.07) is 11.3. The molecule has 2 aromatic rings. The zero-order valence-corrected chi connectivity index (χ0v) is 27.1. The third-order valence-corrected chi connectivity index (χ3v) is 10.4. The van der Waals surface area contributed by atoms with E-state index in [-0.39, 0.29) is 28.7 Å². The Kier molecular flexibility index (Phi) is 9.97. The lowest BCUT2D eigenvalue weighted by Gasteiger charge is -2.45. The zero-order valence-electron chi connectivity index (χ0n) is 26.3. The predicted molar refractivity (Wildman–Crippen MR) is 176 cm³/mol.